The summed E-state index contributed by atoms with van der Waals surface area (Å²) in [7, 11) is 0. The van der Waals surface area contributed by atoms with Crippen LogP contribution < -0.4 is 0 Å². The molecule has 5 heteroatoms. The molecule has 15 heavy (non-hydrogen) atoms. The Balaban J connectivity index is 2.96. The SMILES string of the molecule is N#Cc1ccc(/C=C(/Cl)C(F)(F)F)cc1. The van der Waals surface area contributed by atoms with Crippen LogP contribution in [0.25, 0.3) is 6.08 Å². The van der Waals surface area contributed by atoms with Gasteiger partial charge in [0.1, 0.15) is 5.03 Å². The van der Waals surface area contributed by atoms with Crippen molar-refractivity contribution in [2.24, 2.45) is 0 Å². The Morgan fingerprint density at radius 1 is 1.27 bits per heavy atom. The number of benzene rings is 1. The molecule has 1 aromatic rings. The Kier molecular flexibility index (Phi) is 3.38. The Morgan fingerprint density at radius 2 is 1.80 bits per heavy atom. The average molecular weight is 232 g/mol. The number of rotatable bonds is 1. The third-order valence-electron chi connectivity index (χ3n) is 1.60. The molecule has 0 saturated carbocycles. The Hall–Kier alpha value is -1.47. The van der Waals surface area contributed by atoms with E-state index in [0.29, 0.717) is 11.1 Å². The van der Waals surface area contributed by atoms with E-state index in [9.17, 15) is 13.2 Å². The zero-order valence-corrected chi connectivity index (χ0v) is 8.10. The number of nitrogens with zero attached hydrogens (tertiary/aromatic N) is 1. The van der Waals surface area contributed by atoms with Crippen molar-refractivity contribution in [2.45, 2.75) is 6.18 Å². The molecule has 0 aromatic heterocycles. The minimum absolute atomic E-state index is 0.302. The molecule has 0 N–H and O–H groups in total. The predicted molar refractivity (Wildman–Crippen MR) is 51.0 cm³/mol. The Bertz CT molecular complexity index is 412. The van der Waals surface area contributed by atoms with E-state index in [1.807, 2.05) is 6.07 Å². The van der Waals surface area contributed by atoms with E-state index in [1.54, 1.807) is 0 Å². The first-order valence-corrected chi connectivity index (χ1v) is 4.26. The van der Waals surface area contributed by atoms with Crippen LogP contribution in [-0.2, 0) is 0 Å². The van der Waals surface area contributed by atoms with E-state index in [4.69, 9.17) is 16.9 Å². The molecule has 0 aliphatic carbocycles. The summed E-state index contributed by atoms with van der Waals surface area (Å²) in [5.74, 6) is 0. The molecule has 0 atom stereocenters. The summed E-state index contributed by atoms with van der Waals surface area (Å²) >= 11 is 5.04. The van der Waals surface area contributed by atoms with Crippen LogP contribution in [0.2, 0.25) is 0 Å². The summed E-state index contributed by atoms with van der Waals surface area (Å²) < 4.78 is 36.1. The summed E-state index contributed by atoms with van der Waals surface area (Å²) in [5, 5.41) is 7.28. The van der Waals surface area contributed by atoms with Crippen molar-refractivity contribution in [2.75, 3.05) is 0 Å². The summed E-state index contributed by atoms with van der Waals surface area (Å²) in [4.78, 5) is 0. The first-order valence-electron chi connectivity index (χ1n) is 3.88. The monoisotopic (exact) mass is 231 g/mol. The number of hydrogen-bond donors (Lipinski definition) is 0. The maximum atomic E-state index is 12.0. The van der Waals surface area contributed by atoms with Gasteiger partial charge in [0.05, 0.1) is 11.6 Å². The van der Waals surface area contributed by atoms with Crippen LogP contribution in [0.4, 0.5) is 13.2 Å². The lowest BCUT2D eigenvalue weighted by atomic mass is 10.1. The minimum Gasteiger partial charge on any atom is -0.192 e. The van der Waals surface area contributed by atoms with Crippen LogP contribution in [0.3, 0.4) is 0 Å². The van der Waals surface area contributed by atoms with Gasteiger partial charge in [0, 0.05) is 0 Å². The molecule has 1 rings (SSSR count). The van der Waals surface area contributed by atoms with Gasteiger partial charge in [-0.1, -0.05) is 23.7 Å². The van der Waals surface area contributed by atoms with E-state index in [1.165, 1.54) is 24.3 Å². The highest BCUT2D eigenvalue weighted by molar-refractivity contribution is 6.32. The van der Waals surface area contributed by atoms with Gasteiger partial charge in [-0.2, -0.15) is 18.4 Å². The summed E-state index contributed by atoms with van der Waals surface area (Å²) in [6.07, 6.45) is -3.72. The average Bonchev–Trinajstić information content (AvgIpc) is 2.17. The van der Waals surface area contributed by atoms with Gasteiger partial charge in [0.25, 0.3) is 0 Å². The molecule has 78 valence electrons. The van der Waals surface area contributed by atoms with Crippen LogP contribution in [0.15, 0.2) is 29.3 Å². The van der Waals surface area contributed by atoms with Gasteiger partial charge in [0.2, 0.25) is 0 Å². The van der Waals surface area contributed by atoms with E-state index >= 15 is 0 Å². The molecular weight excluding hydrogens is 227 g/mol. The number of nitriles is 1. The number of allylic oxidation sites excluding steroid dienone is 1. The van der Waals surface area contributed by atoms with Gasteiger partial charge in [-0.05, 0) is 23.8 Å². The van der Waals surface area contributed by atoms with Crippen molar-refractivity contribution < 1.29 is 13.2 Å². The predicted octanol–water partition coefficient (Wildman–Crippen LogP) is 3.70. The molecule has 1 nitrogen and oxygen atoms in total. The van der Waals surface area contributed by atoms with E-state index in [0.717, 1.165) is 6.08 Å². The highest BCUT2D eigenvalue weighted by Crippen LogP contribution is 2.30. The molecule has 0 unspecified atom stereocenters. The van der Waals surface area contributed by atoms with Crippen molar-refractivity contribution in [1.82, 2.24) is 0 Å². The fourth-order valence-corrected chi connectivity index (χ4v) is 1.01. The summed E-state index contributed by atoms with van der Waals surface area (Å²) in [5.41, 5.74) is 0.687. The maximum Gasteiger partial charge on any atom is 0.426 e. The van der Waals surface area contributed by atoms with Crippen molar-refractivity contribution in [3.63, 3.8) is 0 Å². The molecule has 0 aliphatic rings. The largest absolute Gasteiger partial charge is 0.426 e. The van der Waals surface area contributed by atoms with Crippen molar-refractivity contribution in [1.29, 1.82) is 5.26 Å². The zero-order chi connectivity index (χ0) is 11.5. The number of alkyl halides is 3. The Labute approximate surface area is 89.4 Å². The van der Waals surface area contributed by atoms with Gasteiger partial charge in [0.15, 0.2) is 0 Å². The zero-order valence-electron chi connectivity index (χ0n) is 7.35. The third-order valence-corrected chi connectivity index (χ3v) is 1.93. The van der Waals surface area contributed by atoms with Crippen molar-refractivity contribution in [3.8, 4) is 6.07 Å². The first kappa shape index (κ1) is 11.6. The summed E-state index contributed by atoms with van der Waals surface area (Å²) in [6, 6.07) is 7.50. The van der Waals surface area contributed by atoms with E-state index in [2.05, 4.69) is 0 Å². The van der Waals surface area contributed by atoms with Crippen molar-refractivity contribution in [3.05, 3.63) is 40.4 Å². The third kappa shape index (κ3) is 3.30. The molecule has 1 aromatic carbocycles. The van der Waals surface area contributed by atoms with Crippen molar-refractivity contribution >= 4 is 17.7 Å². The van der Waals surface area contributed by atoms with E-state index in [-0.39, 0.29) is 0 Å². The molecule has 0 aliphatic heterocycles. The molecule has 0 bridgehead atoms. The second-order valence-electron chi connectivity index (χ2n) is 2.72. The van der Waals surface area contributed by atoms with Crippen LogP contribution >= 0.6 is 11.6 Å². The smallest absolute Gasteiger partial charge is 0.192 e. The maximum absolute atomic E-state index is 12.0. The fraction of sp³-hybridized carbons (Fsp3) is 0.100. The lowest BCUT2D eigenvalue weighted by molar-refractivity contribution is -0.0836. The number of halogens is 4. The molecular formula is C10H5ClF3N. The second kappa shape index (κ2) is 4.37. The quantitative estimate of drug-likeness (QED) is 0.723. The minimum atomic E-state index is -4.53. The topological polar surface area (TPSA) is 23.8 Å². The molecule has 0 spiro atoms. The van der Waals surface area contributed by atoms with Crippen LogP contribution in [0.5, 0.6) is 0 Å². The number of hydrogen-bond acceptors (Lipinski definition) is 1. The van der Waals surface area contributed by atoms with Gasteiger partial charge in [-0.15, -0.1) is 0 Å². The standard InChI is InChI=1S/C10H5ClF3N/c11-9(10(12,13)14)5-7-1-3-8(6-15)4-2-7/h1-5H/b9-5+. The normalized spacial score (nSPS) is 12.3. The summed E-state index contributed by atoms with van der Waals surface area (Å²) in [6.45, 7) is 0. The van der Waals surface area contributed by atoms with Crippen LogP contribution in [-0.4, -0.2) is 6.18 Å². The second-order valence-corrected chi connectivity index (χ2v) is 3.13. The van der Waals surface area contributed by atoms with Gasteiger partial charge < -0.3 is 0 Å². The lowest BCUT2D eigenvalue weighted by Gasteiger charge is -2.03. The fourth-order valence-electron chi connectivity index (χ4n) is 0.882. The molecule has 0 radical (unpaired) electrons. The first-order chi connectivity index (χ1) is 6.93. The molecule has 0 fully saturated rings. The van der Waals surface area contributed by atoms with Crippen LogP contribution in [0, 0.1) is 11.3 Å². The lowest BCUT2D eigenvalue weighted by Crippen LogP contribution is -2.06. The van der Waals surface area contributed by atoms with Gasteiger partial charge in [-0.25, -0.2) is 0 Å². The molecule has 0 saturated heterocycles. The van der Waals surface area contributed by atoms with Gasteiger partial charge in [-0.3, -0.25) is 0 Å². The molecule has 0 heterocycles. The molecule has 0 amide bonds. The Morgan fingerprint density at radius 3 is 2.20 bits per heavy atom. The van der Waals surface area contributed by atoms with Gasteiger partial charge >= 0.3 is 6.18 Å². The van der Waals surface area contributed by atoms with E-state index < -0.39 is 11.2 Å². The highest BCUT2D eigenvalue weighted by atomic mass is 35.5. The highest BCUT2D eigenvalue weighted by Gasteiger charge is 2.32. The van der Waals surface area contributed by atoms with Crippen LogP contribution in [0.1, 0.15) is 11.1 Å².